The number of benzene rings is 2. The second kappa shape index (κ2) is 6.09. The summed E-state index contributed by atoms with van der Waals surface area (Å²) < 4.78 is 2.11. The first-order valence-corrected chi connectivity index (χ1v) is 8.28. The molecule has 24 heavy (non-hydrogen) atoms. The van der Waals surface area contributed by atoms with E-state index < -0.39 is 0 Å². The molecule has 0 unspecified atom stereocenters. The van der Waals surface area contributed by atoms with E-state index in [2.05, 4.69) is 26.3 Å². The summed E-state index contributed by atoms with van der Waals surface area (Å²) in [5.41, 5.74) is 3.75. The van der Waals surface area contributed by atoms with Crippen LogP contribution >= 0.6 is 0 Å². The summed E-state index contributed by atoms with van der Waals surface area (Å²) >= 11 is 0. The lowest BCUT2D eigenvalue weighted by molar-refractivity contribution is 0.0940. The van der Waals surface area contributed by atoms with Crippen molar-refractivity contribution in [2.45, 2.75) is 19.4 Å². The average Bonchev–Trinajstić information content (AvgIpc) is 3.21. The van der Waals surface area contributed by atoms with Gasteiger partial charge in [0, 0.05) is 23.8 Å². The number of nitrogens with one attached hydrogen (secondary N) is 2. The Balaban J connectivity index is 1.61. The van der Waals surface area contributed by atoms with Gasteiger partial charge in [-0.25, -0.2) is 4.98 Å². The van der Waals surface area contributed by atoms with Crippen LogP contribution in [-0.4, -0.2) is 34.6 Å². The van der Waals surface area contributed by atoms with E-state index in [0.29, 0.717) is 5.56 Å². The molecule has 1 saturated heterocycles. The SMILES string of the molecule is Cc1nc2ccccc2n1-c1ccc(C(=O)N[C@@H]2CCNC2)cc1. The van der Waals surface area contributed by atoms with E-state index in [4.69, 9.17) is 0 Å². The largest absolute Gasteiger partial charge is 0.348 e. The van der Waals surface area contributed by atoms with Crippen molar-refractivity contribution in [1.29, 1.82) is 0 Å². The summed E-state index contributed by atoms with van der Waals surface area (Å²) in [5.74, 6) is 0.924. The maximum Gasteiger partial charge on any atom is 0.251 e. The minimum absolute atomic E-state index is 0.0116. The lowest BCUT2D eigenvalue weighted by Crippen LogP contribution is -2.36. The van der Waals surface area contributed by atoms with Gasteiger partial charge in [-0.05, 0) is 56.3 Å². The Morgan fingerprint density at radius 3 is 2.75 bits per heavy atom. The Morgan fingerprint density at radius 2 is 2.00 bits per heavy atom. The number of imidazole rings is 1. The van der Waals surface area contributed by atoms with E-state index in [1.54, 1.807) is 0 Å². The van der Waals surface area contributed by atoms with E-state index in [9.17, 15) is 4.79 Å². The summed E-state index contributed by atoms with van der Waals surface area (Å²) in [7, 11) is 0. The van der Waals surface area contributed by atoms with Crippen LogP contribution in [0.5, 0.6) is 0 Å². The van der Waals surface area contributed by atoms with Gasteiger partial charge in [0.15, 0.2) is 0 Å². The lowest BCUT2D eigenvalue weighted by Gasteiger charge is -2.12. The molecule has 122 valence electrons. The summed E-state index contributed by atoms with van der Waals surface area (Å²) in [6.45, 7) is 3.81. The number of aromatic nitrogens is 2. The highest BCUT2D eigenvalue weighted by molar-refractivity contribution is 5.94. The van der Waals surface area contributed by atoms with Crippen molar-refractivity contribution >= 4 is 16.9 Å². The fraction of sp³-hybridized carbons (Fsp3) is 0.263. The number of para-hydroxylation sites is 2. The monoisotopic (exact) mass is 320 g/mol. The second-order valence-corrected chi connectivity index (χ2v) is 6.19. The van der Waals surface area contributed by atoms with Crippen molar-refractivity contribution in [1.82, 2.24) is 20.2 Å². The van der Waals surface area contributed by atoms with Crippen LogP contribution in [0.15, 0.2) is 48.5 Å². The van der Waals surface area contributed by atoms with Crippen LogP contribution < -0.4 is 10.6 Å². The predicted octanol–water partition coefficient (Wildman–Crippen LogP) is 2.43. The standard InChI is InChI=1S/C19H20N4O/c1-13-21-17-4-2-3-5-18(17)23(13)16-8-6-14(7-9-16)19(24)22-15-10-11-20-12-15/h2-9,15,20H,10-12H2,1H3,(H,22,24)/t15-/m1/s1. The van der Waals surface area contributed by atoms with Crippen molar-refractivity contribution in [3.8, 4) is 5.69 Å². The molecule has 0 bridgehead atoms. The maximum atomic E-state index is 12.3. The molecule has 1 aromatic heterocycles. The predicted molar refractivity (Wildman–Crippen MR) is 94.5 cm³/mol. The van der Waals surface area contributed by atoms with E-state index in [1.807, 2.05) is 49.4 Å². The van der Waals surface area contributed by atoms with E-state index in [0.717, 1.165) is 42.1 Å². The zero-order valence-electron chi connectivity index (χ0n) is 13.6. The quantitative estimate of drug-likeness (QED) is 0.779. The Labute approximate surface area is 140 Å². The van der Waals surface area contributed by atoms with Crippen molar-refractivity contribution < 1.29 is 4.79 Å². The Hall–Kier alpha value is -2.66. The molecule has 0 spiro atoms. The number of nitrogens with zero attached hydrogens (tertiary/aromatic N) is 2. The fourth-order valence-corrected chi connectivity index (χ4v) is 3.28. The maximum absolute atomic E-state index is 12.3. The molecule has 1 aliphatic heterocycles. The van der Waals surface area contributed by atoms with Gasteiger partial charge >= 0.3 is 0 Å². The molecule has 0 saturated carbocycles. The third kappa shape index (κ3) is 2.67. The van der Waals surface area contributed by atoms with Crippen LogP contribution in [0.1, 0.15) is 22.6 Å². The van der Waals surface area contributed by atoms with Gasteiger partial charge in [0.25, 0.3) is 5.91 Å². The van der Waals surface area contributed by atoms with E-state index in [1.165, 1.54) is 0 Å². The normalized spacial score (nSPS) is 17.3. The number of carbonyl (C=O) groups is 1. The Kier molecular flexibility index (Phi) is 3.78. The topological polar surface area (TPSA) is 59.0 Å². The number of hydrogen-bond acceptors (Lipinski definition) is 3. The number of aryl methyl sites for hydroxylation is 1. The van der Waals surface area contributed by atoms with Gasteiger partial charge in [-0.1, -0.05) is 12.1 Å². The molecule has 1 aliphatic rings. The molecule has 2 heterocycles. The van der Waals surface area contributed by atoms with Crippen molar-refractivity contribution in [2.24, 2.45) is 0 Å². The average molecular weight is 320 g/mol. The molecular weight excluding hydrogens is 300 g/mol. The van der Waals surface area contributed by atoms with Gasteiger partial charge < -0.3 is 10.6 Å². The first-order valence-electron chi connectivity index (χ1n) is 8.28. The highest BCUT2D eigenvalue weighted by Crippen LogP contribution is 2.21. The third-order valence-corrected chi connectivity index (χ3v) is 4.51. The zero-order chi connectivity index (χ0) is 16.5. The van der Waals surface area contributed by atoms with Crippen LogP contribution in [0.25, 0.3) is 16.7 Å². The van der Waals surface area contributed by atoms with Crippen LogP contribution in [0.4, 0.5) is 0 Å². The number of fused-ring (bicyclic) bond motifs is 1. The molecular formula is C19H20N4O. The highest BCUT2D eigenvalue weighted by atomic mass is 16.1. The van der Waals surface area contributed by atoms with Gasteiger partial charge in [0.2, 0.25) is 0 Å². The zero-order valence-corrected chi connectivity index (χ0v) is 13.6. The van der Waals surface area contributed by atoms with Crippen LogP contribution in [0.3, 0.4) is 0 Å². The van der Waals surface area contributed by atoms with Crippen molar-refractivity contribution in [3.63, 3.8) is 0 Å². The highest BCUT2D eigenvalue weighted by Gasteiger charge is 2.17. The van der Waals surface area contributed by atoms with Gasteiger partial charge in [0.1, 0.15) is 5.82 Å². The molecule has 5 nitrogen and oxygen atoms in total. The van der Waals surface area contributed by atoms with Crippen LogP contribution in [0.2, 0.25) is 0 Å². The summed E-state index contributed by atoms with van der Waals surface area (Å²) in [6, 6.07) is 16.0. The third-order valence-electron chi connectivity index (χ3n) is 4.51. The fourth-order valence-electron chi connectivity index (χ4n) is 3.28. The minimum Gasteiger partial charge on any atom is -0.348 e. The van der Waals surface area contributed by atoms with E-state index >= 15 is 0 Å². The molecule has 1 amide bonds. The number of hydrogen-bond donors (Lipinski definition) is 2. The Bertz CT molecular complexity index is 876. The van der Waals surface area contributed by atoms with E-state index in [-0.39, 0.29) is 11.9 Å². The molecule has 1 atom stereocenters. The van der Waals surface area contributed by atoms with Crippen LogP contribution in [0, 0.1) is 6.92 Å². The lowest BCUT2D eigenvalue weighted by atomic mass is 10.1. The van der Waals surface area contributed by atoms with Crippen molar-refractivity contribution in [2.75, 3.05) is 13.1 Å². The van der Waals surface area contributed by atoms with Gasteiger partial charge in [-0.2, -0.15) is 0 Å². The molecule has 5 heteroatoms. The van der Waals surface area contributed by atoms with Crippen LogP contribution in [-0.2, 0) is 0 Å². The molecule has 2 aromatic carbocycles. The van der Waals surface area contributed by atoms with Gasteiger partial charge in [-0.3, -0.25) is 9.36 Å². The molecule has 0 radical (unpaired) electrons. The molecule has 3 aromatic rings. The summed E-state index contributed by atoms with van der Waals surface area (Å²) in [6.07, 6.45) is 0.990. The van der Waals surface area contributed by atoms with Gasteiger partial charge in [-0.15, -0.1) is 0 Å². The Morgan fingerprint density at radius 1 is 1.21 bits per heavy atom. The molecule has 2 N–H and O–H groups in total. The number of amides is 1. The molecule has 1 fully saturated rings. The molecule has 0 aliphatic carbocycles. The second-order valence-electron chi connectivity index (χ2n) is 6.19. The number of carbonyl (C=O) groups excluding carboxylic acids is 1. The number of rotatable bonds is 3. The summed E-state index contributed by atoms with van der Waals surface area (Å²) in [5, 5.41) is 6.32. The van der Waals surface area contributed by atoms with Gasteiger partial charge in [0.05, 0.1) is 11.0 Å². The first-order chi connectivity index (χ1) is 11.7. The summed E-state index contributed by atoms with van der Waals surface area (Å²) in [4.78, 5) is 16.9. The molecule has 4 rings (SSSR count). The smallest absolute Gasteiger partial charge is 0.251 e. The first kappa shape index (κ1) is 14.9. The van der Waals surface area contributed by atoms with Crippen molar-refractivity contribution in [3.05, 3.63) is 59.9 Å². The minimum atomic E-state index is -0.0116.